The fourth-order valence-corrected chi connectivity index (χ4v) is 1.03. The van der Waals surface area contributed by atoms with Gasteiger partial charge in [-0.05, 0) is 12.8 Å². The molecule has 0 aliphatic carbocycles. The largest absolute Gasteiger partial charge is 0.481 e. The highest BCUT2D eigenvalue weighted by Gasteiger charge is 2.13. The summed E-state index contributed by atoms with van der Waals surface area (Å²) in [5.41, 5.74) is 0. The highest BCUT2D eigenvalue weighted by molar-refractivity contribution is 5.78. The zero-order chi connectivity index (χ0) is 11.0. The monoisotopic (exact) mass is 201 g/mol. The van der Waals surface area contributed by atoms with E-state index in [0.717, 1.165) is 12.8 Å². The molecule has 0 fully saturated rings. The summed E-state index contributed by atoms with van der Waals surface area (Å²) < 4.78 is 0. The molecular formula is C10H19NO3. The predicted molar refractivity (Wildman–Crippen MR) is 54.0 cm³/mol. The number of carboxylic acids is 1. The number of nitrogens with one attached hydrogen (secondary N) is 1. The van der Waals surface area contributed by atoms with Crippen LogP contribution in [-0.2, 0) is 9.59 Å². The van der Waals surface area contributed by atoms with Crippen LogP contribution in [0.4, 0.5) is 0 Å². The van der Waals surface area contributed by atoms with Crippen molar-refractivity contribution in [1.29, 1.82) is 0 Å². The summed E-state index contributed by atoms with van der Waals surface area (Å²) >= 11 is 0. The summed E-state index contributed by atoms with van der Waals surface area (Å²) in [7, 11) is 0. The van der Waals surface area contributed by atoms with Crippen LogP contribution in [0.15, 0.2) is 0 Å². The van der Waals surface area contributed by atoms with Gasteiger partial charge < -0.3 is 10.4 Å². The molecule has 1 amide bonds. The second kappa shape index (κ2) is 7.35. The van der Waals surface area contributed by atoms with Crippen LogP contribution in [0.3, 0.4) is 0 Å². The molecule has 0 aromatic heterocycles. The number of carbonyl (C=O) groups is 2. The molecule has 0 spiro atoms. The van der Waals surface area contributed by atoms with Gasteiger partial charge in [-0.1, -0.05) is 20.3 Å². The molecule has 0 aliphatic rings. The maximum atomic E-state index is 11.3. The van der Waals surface area contributed by atoms with Crippen LogP contribution in [0.1, 0.15) is 39.5 Å². The van der Waals surface area contributed by atoms with Crippen molar-refractivity contribution in [1.82, 2.24) is 5.32 Å². The molecule has 0 bridgehead atoms. The van der Waals surface area contributed by atoms with E-state index in [9.17, 15) is 9.59 Å². The van der Waals surface area contributed by atoms with Crippen LogP contribution in [0.25, 0.3) is 0 Å². The topological polar surface area (TPSA) is 66.4 Å². The number of hydrogen-bond donors (Lipinski definition) is 2. The second-order valence-corrected chi connectivity index (χ2v) is 3.48. The average Bonchev–Trinajstić information content (AvgIpc) is 2.14. The number of unbranched alkanes of at least 4 members (excludes halogenated alkanes) is 1. The first-order valence-corrected chi connectivity index (χ1v) is 5.07. The van der Waals surface area contributed by atoms with E-state index in [1.807, 2.05) is 0 Å². The van der Waals surface area contributed by atoms with Crippen molar-refractivity contribution in [2.24, 2.45) is 5.92 Å². The summed E-state index contributed by atoms with van der Waals surface area (Å²) in [5.74, 6) is -1.10. The van der Waals surface area contributed by atoms with Gasteiger partial charge in [0.05, 0.1) is 0 Å². The third-order valence-corrected chi connectivity index (χ3v) is 2.07. The molecule has 0 radical (unpaired) electrons. The Kier molecular flexibility index (Phi) is 6.80. The zero-order valence-corrected chi connectivity index (χ0v) is 8.88. The summed E-state index contributed by atoms with van der Waals surface area (Å²) in [4.78, 5) is 21.6. The van der Waals surface area contributed by atoms with E-state index in [1.54, 1.807) is 6.92 Å². The lowest BCUT2D eigenvalue weighted by molar-refractivity contribution is -0.137. The summed E-state index contributed by atoms with van der Waals surface area (Å²) in [6.07, 6.45) is 2.48. The van der Waals surface area contributed by atoms with Crippen molar-refractivity contribution in [3.8, 4) is 0 Å². The third-order valence-electron chi connectivity index (χ3n) is 2.07. The van der Waals surface area contributed by atoms with Gasteiger partial charge in [-0.15, -0.1) is 0 Å². The standard InChI is InChI=1S/C10H19NO3/c1-3-4-7-11-10(14)8(2)5-6-9(12)13/h8H,3-7H2,1-2H3,(H,11,14)(H,12,13). The Morgan fingerprint density at radius 1 is 1.43 bits per heavy atom. The minimum absolute atomic E-state index is 0.0419. The maximum absolute atomic E-state index is 11.3. The third kappa shape index (κ3) is 6.46. The molecular weight excluding hydrogens is 182 g/mol. The van der Waals surface area contributed by atoms with Crippen molar-refractivity contribution in [3.05, 3.63) is 0 Å². The molecule has 0 saturated heterocycles. The Morgan fingerprint density at radius 3 is 2.57 bits per heavy atom. The van der Waals surface area contributed by atoms with E-state index in [4.69, 9.17) is 5.11 Å². The molecule has 0 aliphatic heterocycles. The Balaban J connectivity index is 3.59. The summed E-state index contributed by atoms with van der Waals surface area (Å²) in [6, 6.07) is 0. The van der Waals surface area contributed by atoms with Gasteiger partial charge in [0.2, 0.25) is 5.91 Å². The van der Waals surface area contributed by atoms with E-state index in [0.29, 0.717) is 13.0 Å². The SMILES string of the molecule is CCCCNC(=O)C(C)CCC(=O)O. The zero-order valence-electron chi connectivity index (χ0n) is 8.88. The molecule has 4 heteroatoms. The van der Waals surface area contributed by atoms with Gasteiger partial charge in [-0.2, -0.15) is 0 Å². The van der Waals surface area contributed by atoms with Crippen molar-refractivity contribution in [3.63, 3.8) is 0 Å². The van der Waals surface area contributed by atoms with Crippen molar-refractivity contribution >= 4 is 11.9 Å². The van der Waals surface area contributed by atoms with Gasteiger partial charge in [0.1, 0.15) is 0 Å². The molecule has 1 atom stereocenters. The lowest BCUT2D eigenvalue weighted by atomic mass is 10.1. The minimum Gasteiger partial charge on any atom is -0.481 e. The number of carboxylic acid groups (broad SMARTS) is 1. The molecule has 0 heterocycles. The van der Waals surface area contributed by atoms with E-state index in [2.05, 4.69) is 12.2 Å². The highest BCUT2D eigenvalue weighted by atomic mass is 16.4. The Hall–Kier alpha value is -1.06. The smallest absolute Gasteiger partial charge is 0.303 e. The average molecular weight is 201 g/mol. The van der Waals surface area contributed by atoms with Gasteiger partial charge in [0.15, 0.2) is 0 Å². The van der Waals surface area contributed by atoms with E-state index in [1.165, 1.54) is 0 Å². The molecule has 82 valence electrons. The van der Waals surface area contributed by atoms with Crippen LogP contribution >= 0.6 is 0 Å². The lowest BCUT2D eigenvalue weighted by Crippen LogP contribution is -2.30. The van der Waals surface area contributed by atoms with Gasteiger partial charge in [-0.3, -0.25) is 9.59 Å². The Bertz CT molecular complexity index is 192. The number of amides is 1. The number of hydrogen-bond acceptors (Lipinski definition) is 2. The second-order valence-electron chi connectivity index (χ2n) is 3.48. The van der Waals surface area contributed by atoms with Gasteiger partial charge >= 0.3 is 5.97 Å². The van der Waals surface area contributed by atoms with Crippen LogP contribution < -0.4 is 5.32 Å². The minimum atomic E-state index is -0.849. The van der Waals surface area contributed by atoms with Crippen molar-refractivity contribution in [2.45, 2.75) is 39.5 Å². The predicted octanol–water partition coefficient (Wildman–Crippen LogP) is 1.40. The number of aliphatic carboxylic acids is 1. The molecule has 2 N–H and O–H groups in total. The van der Waals surface area contributed by atoms with Crippen LogP contribution in [0, 0.1) is 5.92 Å². The van der Waals surface area contributed by atoms with E-state index >= 15 is 0 Å². The Morgan fingerprint density at radius 2 is 2.07 bits per heavy atom. The van der Waals surface area contributed by atoms with Crippen molar-refractivity contribution in [2.75, 3.05) is 6.54 Å². The number of rotatable bonds is 7. The fraction of sp³-hybridized carbons (Fsp3) is 0.800. The van der Waals surface area contributed by atoms with Gasteiger partial charge in [-0.25, -0.2) is 0 Å². The van der Waals surface area contributed by atoms with Crippen LogP contribution in [0.2, 0.25) is 0 Å². The fourth-order valence-electron chi connectivity index (χ4n) is 1.03. The van der Waals surface area contributed by atoms with Crippen LogP contribution in [0.5, 0.6) is 0 Å². The molecule has 0 aromatic carbocycles. The first-order valence-electron chi connectivity index (χ1n) is 5.07. The summed E-state index contributed by atoms with van der Waals surface area (Å²) in [6.45, 7) is 4.50. The van der Waals surface area contributed by atoms with Gasteiger partial charge in [0.25, 0.3) is 0 Å². The Labute approximate surface area is 84.7 Å². The molecule has 4 nitrogen and oxygen atoms in total. The number of carbonyl (C=O) groups excluding carboxylic acids is 1. The molecule has 1 unspecified atom stereocenters. The quantitative estimate of drug-likeness (QED) is 0.612. The molecule has 0 aromatic rings. The van der Waals surface area contributed by atoms with E-state index < -0.39 is 5.97 Å². The first-order chi connectivity index (χ1) is 6.57. The van der Waals surface area contributed by atoms with Gasteiger partial charge in [0, 0.05) is 18.9 Å². The van der Waals surface area contributed by atoms with E-state index in [-0.39, 0.29) is 18.2 Å². The molecule has 0 rings (SSSR count). The maximum Gasteiger partial charge on any atom is 0.303 e. The molecule has 0 saturated carbocycles. The van der Waals surface area contributed by atoms with Crippen LogP contribution in [-0.4, -0.2) is 23.5 Å². The highest BCUT2D eigenvalue weighted by Crippen LogP contribution is 2.05. The molecule has 14 heavy (non-hydrogen) atoms. The summed E-state index contributed by atoms with van der Waals surface area (Å²) in [5, 5.41) is 11.2. The van der Waals surface area contributed by atoms with Crippen molar-refractivity contribution < 1.29 is 14.7 Å². The first kappa shape index (κ1) is 12.9. The normalized spacial score (nSPS) is 12.1. The lowest BCUT2D eigenvalue weighted by Gasteiger charge is -2.10.